The number of nitrogens with zero attached hydrogens (tertiary/aromatic N) is 1. The van der Waals surface area contributed by atoms with Crippen molar-refractivity contribution < 1.29 is 27.5 Å². The van der Waals surface area contributed by atoms with Crippen LogP contribution in [-0.2, 0) is 21.1 Å². The number of aromatic nitrogens is 1. The fourth-order valence-corrected chi connectivity index (χ4v) is 10.6. The number of amides is 1. The monoisotopic (exact) mass is 665 g/mol. The Morgan fingerprint density at radius 2 is 1.75 bits per heavy atom. The molecule has 0 aliphatic carbocycles. The number of ether oxygens (including phenoxy) is 2. The maximum atomic E-state index is 13.7. The van der Waals surface area contributed by atoms with Crippen LogP contribution in [0.1, 0.15) is 37.8 Å². The molecule has 1 heterocycles. The van der Waals surface area contributed by atoms with Crippen LogP contribution in [0.15, 0.2) is 48.5 Å². The number of nitrogens with one attached hydrogen (secondary N) is 1. The Morgan fingerprint density at radius 1 is 1.11 bits per heavy atom. The van der Waals surface area contributed by atoms with Crippen LogP contribution >= 0.6 is 42.8 Å². The van der Waals surface area contributed by atoms with Crippen molar-refractivity contribution in [2.75, 3.05) is 18.6 Å². The molecular formula is C23H25ClIN3O6S2. The summed E-state index contributed by atoms with van der Waals surface area (Å²) in [7, 11) is -1.23. The van der Waals surface area contributed by atoms with Crippen LogP contribution < -0.4 is 19.3 Å². The number of aryl methyl sites for hydroxylation is 1. The Morgan fingerprint density at radius 3 is 2.33 bits per heavy atom. The predicted octanol–water partition coefficient (Wildman–Crippen LogP) is 4.23. The minimum atomic E-state index is -4.26. The molecule has 0 aliphatic rings. The van der Waals surface area contributed by atoms with Crippen LogP contribution in [0, 0.1) is 0 Å². The van der Waals surface area contributed by atoms with Crippen molar-refractivity contribution in [2.24, 2.45) is 5.14 Å². The third-order valence-corrected chi connectivity index (χ3v) is 12.8. The fraction of sp³-hybridized carbons (Fsp3) is 0.261. The van der Waals surface area contributed by atoms with E-state index in [0.717, 1.165) is 24.2 Å². The summed E-state index contributed by atoms with van der Waals surface area (Å²) in [6.07, 6.45) is 1.63. The van der Waals surface area contributed by atoms with Crippen molar-refractivity contribution >= 4 is 62.7 Å². The number of hydrogen-bond acceptors (Lipinski definition) is 8. The van der Waals surface area contributed by atoms with Crippen molar-refractivity contribution in [2.45, 2.75) is 17.3 Å². The second-order valence-electron chi connectivity index (χ2n) is 7.45. The molecule has 0 aliphatic heterocycles. The fourth-order valence-electron chi connectivity index (χ4n) is 3.22. The molecule has 0 unspecified atom stereocenters. The van der Waals surface area contributed by atoms with Gasteiger partial charge in [0.1, 0.15) is 0 Å². The molecule has 3 N–H and O–H groups in total. The molecule has 3 rings (SSSR count). The normalized spacial score (nSPS) is 11.6. The zero-order valence-corrected chi connectivity index (χ0v) is 24.0. The van der Waals surface area contributed by atoms with Gasteiger partial charge in [-0.1, -0.05) is 0 Å². The summed E-state index contributed by atoms with van der Waals surface area (Å²) < 4.78 is 35.9. The Hall–Kier alpha value is -2.26. The van der Waals surface area contributed by atoms with Crippen LogP contribution in [0.4, 0.5) is 0 Å². The van der Waals surface area contributed by atoms with Gasteiger partial charge in [-0.15, -0.1) is 0 Å². The number of benzene rings is 2. The first-order valence-electron chi connectivity index (χ1n) is 10.5. The van der Waals surface area contributed by atoms with Gasteiger partial charge in [0.15, 0.2) is 0 Å². The van der Waals surface area contributed by atoms with E-state index in [1.54, 1.807) is 22.9 Å². The van der Waals surface area contributed by atoms with E-state index in [9.17, 15) is 18.0 Å². The molecule has 0 bridgehead atoms. The van der Waals surface area contributed by atoms with Gasteiger partial charge in [0.25, 0.3) is 0 Å². The van der Waals surface area contributed by atoms with Crippen molar-refractivity contribution in [3.8, 4) is 11.5 Å². The molecule has 13 heteroatoms. The van der Waals surface area contributed by atoms with Crippen LogP contribution in [0.5, 0.6) is 11.5 Å². The summed E-state index contributed by atoms with van der Waals surface area (Å²) in [5.41, 5.74) is 1.44. The first kappa shape index (κ1) is 28.3. The van der Waals surface area contributed by atoms with Crippen LogP contribution in [0.2, 0.25) is 4.34 Å². The molecular weight excluding hydrogens is 641 g/mol. The van der Waals surface area contributed by atoms with Gasteiger partial charge in [-0.3, -0.25) is 0 Å². The molecule has 2 aromatic carbocycles. The van der Waals surface area contributed by atoms with Gasteiger partial charge in [0, 0.05) is 0 Å². The van der Waals surface area contributed by atoms with E-state index < -0.39 is 35.9 Å². The van der Waals surface area contributed by atoms with E-state index in [1.165, 1.54) is 19.8 Å². The minimum absolute atomic E-state index is 0.0197. The van der Waals surface area contributed by atoms with Crippen molar-refractivity contribution in [3.05, 3.63) is 74.7 Å². The van der Waals surface area contributed by atoms with Gasteiger partial charge in [-0.05, 0) is 0 Å². The molecule has 0 spiro atoms. The standard InChI is InChI=1S/C23H25ClIN3O6S2/c1-33-17-11-16(12-18(13-17)34-2)22(29)25(10-6-9-15-7-4-3-5-8-15)14-19-27-20(21(24)35-19)23(30)28-36(26,31)32/h3-5,7-8,11-13H,6,9-10,14H2,1-2H3,(H,28,30)(H2,26,31,32). The quantitative estimate of drug-likeness (QED) is 0.168. The first-order chi connectivity index (χ1) is 17.1. The van der Waals surface area contributed by atoms with Crippen molar-refractivity contribution in [3.63, 3.8) is 0 Å². The van der Waals surface area contributed by atoms with Crippen LogP contribution in [0.3, 0.4) is 0 Å². The number of rotatable bonds is 12. The summed E-state index contributed by atoms with van der Waals surface area (Å²) in [5.74, 6) is 0.00684. The van der Waals surface area contributed by atoms with Gasteiger partial charge >= 0.3 is 227 Å². The number of carbonyl (C=O) groups excluding carboxylic acids is 2. The molecule has 0 fully saturated rings. The number of halogens is 2. The average molecular weight is 666 g/mol. The molecule has 0 atom stereocenters. The molecule has 9 nitrogen and oxygen atoms in total. The van der Waals surface area contributed by atoms with Crippen LogP contribution in [0.25, 0.3) is 0 Å². The van der Waals surface area contributed by atoms with Gasteiger partial charge in [0.05, 0.1) is 0 Å². The van der Waals surface area contributed by atoms with E-state index in [-0.39, 0.29) is 13.8 Å². The maximum absolute atomic E-state index is 13.7. The van der Waals surface area contributed by atoms with Gasteiger partial charge in [-0.25, -0.2) is 0 Å². The predicted molar refractivity (Wildman–Crippen MR) is 149 cm³/mol. The van der Waals surface area contributed by atoms with E-state index in [2.05, 4.69) is 4.98 Å². The number of nitrogens with two attached hydrogens (primary N) is 1. The van der Waals surface area contributed by atoms with Crippen molar-refractivity contribution in [1.82, 2.24) is 9.71 Å². The van der Waals surface area contributed by atoms with Crippen molar-refractivity contribution in [1.29, 1.82) is 0 Å². The summed E-state index contributed by atoms with van der Waals surface area (Å²) in [4.78, 5) is 30.1. The molecule has 0 saturated heterocycles. The Balaban J connectivity index is 1.86. The Kier molecular flexibility index (Phi) is 10.1. The van der Waals surface area contributed by atoms with Gasteiger partial charge in [-0.2, -0.15) is 0 Å². The third kappa shape index (κ3) is 8.13. The average Bonchev–Trinajstić information content (AvgIpc) is 3.22. The Bertz CT molecular complexity index is 1310. The Labute approximate surface area is 225 Å². The summed E-state index contributed by atoms with van der Waals surface area (Å²) in [6, 6.07) is 15.1. The number of methoxy groups -OCH3 is 2. The number of alkyl halides is 2. The molecule has 0 saturated carbocycles. The number of thiazole rings is 1. The zero-order valence-electron chi connectivity index (χ0n) is 19.5. The second-order valence-corrected chi connectivity index (χ2v) is 15.9. The topological polar surface area (TPSA) is 138 Å². The number of carbonyl (C=O) groups is 2. The SMILES string of the molecule is COc1cc(OC)cc(C(=O)I(CCCc2ccccc2)Cc2nc(C(=O)NS(N)(=O)=O)c(Cl)s2)c1. The molecule has 194 valence electrons. The van der Waals surface area contributed by atoms with Gasteiger partial charge in [0.2, 0.25) is 0 Å². The van der Waals surface area contributed by atoms with E-state index in [4.69, 9.17) is 26.2 Å². The van der Waals surface area contributed by atoms with E-state index in [0.29, 0.717) is 30.9 Å². The van der Waals surface area contributed by atoms with E-state index in [1.807, 2.05) is 30.3 Å². The summed E-state index contributed by atoms with van der Waals surface area (Å²) >= 11 is 4.80. The second kappa shape index (κ2) is 12.8. The summed E-state index contributed by atoms with van der Waals surface area (Å²) in [6.45, 7) is 0. The van der Waals surface area contributed by atoms with E-state index >= 15 is 0 Å². The molecule has 1 amide bonds. The zero-order chi connectivity index (χ0) is 26.3. The third-order valence-electron chi connectivity index (χ3n) is 4.85. The summed E-state index contributed by atoms with van der Waals surface area (Å²) in [5, 5.41) is 5.37. The van der Waals surface area contributed by atoms with Gasteiger partial charge < -0.3 is 0 Å². The molecule has 1 aromatic heterocycles. The molecule has 3 aromatic rings. The molecule has 36 heavy (non-hydrogen) atoms. The molecule has 0 radical (unpaired) electrons. The first-order valence-corrected chi connectivity index (χ1v) is 17.4. The number of hydrogen-bond donors (Lipinski definition) is 2. The van der Waals surface area contributed by atoms with Crippen LogP contribution in [-0.4, -0.2) is 41.7 Å².